The number of nitrogens with zero attached hydrogens (tertiary/aromatic N) is 3. The molecule has 7 rings (SSSR count). The van der Waals surface area contributed by atoms with E-state index in [1.54, 1.807) is 74.6 Å². The third kappa shape index (κ3) is 12.1. The Morgan fingerprint density at radius 2 is 1.54 bits per heavy atom. The van der Waals surface area contributed by atoms with Crippen LogP contribution in [0, 0.1) is 34.5 Å². The van der Waals surface area contributed by atoms with Gasteiger partial charge in [0.05, 0.1) is 32.4 Å². The molecule has 14 nitrogen and oxygen atoms in total. The number of aryl methyl sites for hydroxylation is 1. The monoisotopic (exact) mass is 1020 g/mol. The number of hydrogen-bond donors (Lipinski definition) is 3. The molecule has 1 aliphatic heterocycles. The quantitative estimate of drug-likeness (QED) is 0.0812. The predicted octanol–water partition coefficient (Wildman–Crippen LogP) is 8.55. The number of amides is 4. The van der Waals surface area contributed by atoms with E-state index in [9.17, 15) is 32.9 Å². The van der Waals surface area contributed by atoms with Gasteiger partial charge < -0.3 is 30.3 Å². The van der Waals surface area contributed by atoms with E-state index in [1.807, 2.05) is 88.7 Å². The molecular formula is C54H61ClN6O8S2. The molecule has 2 heterocycles. The van der Waals surface area contributed by atoms with E-state index >= 15 is 0 Å². The van der Waals surface area contributed by atoms with Crippen molar-refractivity contribution in [3.05, 3.63) is 124 Å². The second kappa shape index (κ2) is 21.2. The summed E-state index contributed by atoms with van der Waals surface area (Å²) in [6.45, 7) is 15.9. The molecule has 71 heavy (non-hydrogen) atoms. The number of hydrogen-bond acceptors (Lipinski definition) is 11. The van der Waals surface area contributed by atoms with Gasteiger partial charge in [-0.3, -0.25) is 19.2 Å². The summed E-state index contributed by atoms with van der Waals surface area (Å²) in [5.41, 5.74) is 5.67. The lowest BCUT2D eigenvalue weighted by Gasteiger charge is -2.63. The Morgan fingerprint density at radius 3 is 2.13 bits per heavy atom. The Bertz CT molecular complexity index is 2910. The van der Waals surface area contributed by atoms with Crippen LogP contribution >= 0.6 is 22.9 Å². The number of nitriles is 1. The Balaban J connectivity index is 0.863. The highest BCUT2D eigenvalue weighted by atomic mass is 35.5. The number of rotatable bonds is 17. The average Bonchev–Trinajstić information content (AvgIpc) is 4.00. The number of nitrogens with one attached hydrogen (secondary N) is 3. The second-order valence-electron chi connectivity index (χ2n) is 20.6. The van der Waals surface area contributed by atoms with Crippen molar-refractivity contribution in [2.24, 2.45) is 16.2 Å². The summed E-state index contributed by atoms with van der Waals surface area (Å²) in [7, 11) is -3.94. The highest BCUT2D eigenvalue weighted by Gasteiger charge is 2.64. The number of carbonyl (C=O) groups is 4. The lowest BCUT2D eigenvalue weighted by atomic mass is 9.49. The first-order valence-electron chi connectivity index (χ1n) is 23.6. The van der Waals surface area contributed by atoms with Crippen molar-refractivity contribution in [1.82, 2.24) is 25.8 Å². The highest BCUT2D eigenvalue weighted by molar-refractivity contribution is 7.92. The summed E-state index contributed by atoms with van der Waals surface area (Å²) >= 11 is 7.81. The molecular weight excluding hydrogens is 960 g/mol. The van der Waals surface area contributed by atoms with E-state index in [-0.39, 0.29) is 37.1 Å². The van der Waals surface area contributed by atoms with Crippen molar-refractivity contribution in [1.29, 1.82) is 5.26 Å². The van der Waals surface area contributed by atoms with Gasteiger partial charge in [-0.15, -0.1) is 11.3 Å². The fourth-order valence-electron chi connectivity index (χ4n) is 9.91. The summed E-state index contributed by atoms with van der Waals surface area (Å²) in [6.07, 6.45) is 0.841. The Morgan fingerprint density at radius 1 is 0.915 bits per heavy atom. The summed E-state index contributed by atoms with van der Waals surface area (Å²) in [4.78, 5) is 61.1. The van der Waals surface area contributed by atoms with Crippen molar-refractivity contribution >= 4 is 56.4 Å². The highest BCUT2D eigenvalue weighted by Crippen LogP contribution is 2.55. The van der Waals surface area contributed by atoms with Crippen molar-refractivity contribution in [3.8, 4) is 39.1 Å². The zero-order valence-electron chi connectivity index (χ0n) is 41.3. The van der Waals surface area contributed by atoms with Crippen LogP contribution in [0.2, 0.25) is 5.02 Å². The zero-order valence-corrected chi connectivity index (χ0v) is 43.7. The van der Waals surface area contributed by atoms with Crippen molar-refractivity contribution < 1.29 is 37.1 Å². The lowest BCUT2D eigenvalue weighted by molar-refractivity contribution is -0.164. The molecule has 1 saturated heterocycles. The molecule has 0 radical (unpaired) electrons. The van der Waals surface area contributed by atoms with Gasteiger partial charge in [0.15, 0.2) is 9.84 Å². The minimum absolute atomic E-state index is 0.200. The largest absolute Gasteiger partial charge is 0.493 e. The number of halogens is 1. The third-order valence-electron chi connectivity index (χ3n) is 13.5. The minimum atomic E-state index is -3.94. The van der Waals surface area contributed by atoms with Crippen LogP contribution < -0.4 is 25.4 Å². The molecule has 2 aliphatic rings. The molecule has 0 bridgehead atoms. The van der Waals surface area contributed by atoms with Gasteiger partial charge in [-0.25, -0.2) is 13.4 Å². The van der Waals surface area contributed by atoms with Gasteiger partial charge in [-0.05, 0) is 83.8 Å². The standard InChI is InChI=1S/C54H61ClN6O8S2/c1-33-45(70-32-58-33)37-13-11-34(12-14-37)30-57-48(64)43-10-9-25-61(43)49(65)46(52(2,3)4)59-44(62)31-71(66,67)27-26-68-40-22-19-36(20-23-40)35-15-17-38(18-16-35)47(63)60-50-53(5,6)51(54(50,7)8)69-41-24-21-39(29-56)42(55)28-41/h11-24,28,32,43,46,50-51H,9-10,25-27,30-31H2,1-8H3,(H,57,64)(H,59,62)(H,60,63)/t43-,46?,50?,51?/m0/s1. The van der Waals surface area contributed by atoms with Gasteiger partial charge >= 0.3 is 0 Å². The number of ether oxygens (including phenoxy) is 2. The predicted molar refractivity (Wildman–Crippen MR) is 276 cm³/mol. The van der Waals surface area contributed by atoms with Crippen molar-refractivity contribution in [2.75, 3.05) is 24.7 Å². The smallest absolute Gasteiger partial charge is 0.251 e. The van der Waals surface area contributed by atoms with Gasteiger partial charge in [-0.1, -0.05) is 109 Å². The van der Waals surface area contributed by atoms with Crippen molar-refractivity contribution in [3.63, 3.8) is 0 Å². The summed E-state index contributed by atoms with van der Waals surface area (Å²) in [5, 5.41) is 18.4. The maximum atomic E-state index is 14.0. The van der Waals surface area contributed by atoms with E-state index in [0.29, 0.717) is 47.0 Å². The van der Waals surface area contributed by atoms with Gasteiger partial charge in [0.1, 0.15) is 48.1 Å². The first kappa shape index (κ1) is 52.5. The van der Waals surface area contributed by atoms with E-state index in [1.165, 1.54) is 4.90 Å². The molecule has 4 aromatic carbocycles. The molecule has 1 aliphatic carbocycles. The van der Waals surface area contributed by atoms with Crippen LogP contribution in [0.25, 0.3) is 21.6 Å². The molecule has 0 spiro atoms. The van der Waals surface area contributed by atoms with Gasteiger partial charge in [0, 0.05) is 41.6 Å². The van der Waals surface area contributed by atoms with Crippen LogP contribution in [0.3, 0.4) is 0 Å². The maximum Gasteiger partial charge on any atom is 0.251 e. The molecule has 1 aromatic heterocycles. The number of sulfone groups is 1. The SMILES string of the molecule is Cc1ncsc1-c1ccc(CNC(=O)[C@@H]2CCCN2C(=O)C(NC(=O)CS(=O)(=O)CCOc2ccc(-c3ccc(C(=O)NC4C(C)(C)C(Oc5ccc(C#N)c(Cl)c5)C4(C)C)cc3)cc2)C(C)(C)C)cc1. The van der Waals surface area contributed by atoms with Crippen molar-refractivity contribution in [2.45, 2.75) is 99.0 Å². The minimum Gasteiger partial charge on any atom is -0.493 e. The molecule has 4 amide bonds. The molecule has 374 valence electrons. The van der Waals surface area contributed by atoms with Crippen LogP contribution in [0.5, 0.6) is 11.5 Å². The summed E-state index contributed by atoms with van der Waals surface area (Å²) in [6, 6.07) is 27.2. The molecule has 5 aromatic rings. The molecule has 1 saturated carbocycles. The normalized spacial score (nSPS) is 18.6. The summed E-state index contributed by atoms with van der Waals surface area (Å²) in [5.74, 6) is -2.04. The average molecular weight is 1020 g/mol. The zero-order chi connectivity index (χ0) is 51.5. The van der Waals surface area contributed by atoms with Crippen LogP contribution in [0.4, 0.5) is 0 Å². The maximum absolute atomic E-state index is 14.0. The Labute approximate surface area is 425 Å². The Hall–Kier alpha value is -6.28. The van der Waals surface area contributed by atoms with Crippen LogP contribution in [-0.2, 0) is 30.8 Å². The first-order chi connectivity index (χ1) is 33.5. The van der Waals surface area contributed by atoms with Crippen LogP contribution in [0.15, 0.2) is 96.5 Å². The van der Waals surface area contributed by atoms with E-state index in [0.717, 1.165) is 32.8 Å². The van der Waals surface area contributed by atoms with Crippen LogP contribution in [0.1, 0.15) is 88.5 Å². The lowest BCUT2D eigenvalue weighted by Crippen LogP contribution is -2.74. The van der Waals surface area contributed by atoms with Gasteiger partial charge in [-0.2, -0.15) is 5.26 Å². The number of aromatic nitrogens is 1. The molecule has 1 unspecified atom stereocenters. The van der Waals surface area contributed by atoms with E-state index in [2.05, 4.69) is 27.0 Å². The van der Waals surface area contributed by atoms with E-state index < -0.39 is 61.5 Å². The number of thiazole rings is 1. The Kier molecular flexibility index (Phi) is 15.7. The number of likely N-dealkylation sites (tertiary alicyclic amines) is 1. The first-order valence-corrected chi connectivity index (χ1v) is 26.6. The van der Waals surface area contributed by atoms with E-state index in [4.69, 9.17) is 21.1 Å². The molecule has 2 fully saturated rings. The molecule has 3 N–H and O–H groups in total. The van der Waals surface area contributed by atoms with Crippen LogP contribution in [-0.4, -0.2) is 90.8 Å². The number of carbonyl (C=O) groups excluding carboxylic acids is 4. The molecule has 2 atom stereocenters. The molecule has 17 heteroatoms. The summed E-state index contributed by atoms with van der Waals surface area (Å²) < 4.78 is 38.4. The second-order valence-corrected chi connectivity index (χ2v) is 24.0. The topological polar surface area (TPSA) is 197 Å². The third-order valence-corrected chi connectivity index (χ3v) is 16.2. The fourth-order valence-corrected chi connectivity index (χ4v) is 11.9. The number of benzene rings is 4. The fraction of sp³-hybridized carbons (Fsp3) is 0.407. The van der Waals surface area contributed by atoms with Gasteiger partial charge in [0.2, 0.25) is 17.7 Å². The van der Waals surface area contributed by atoms with Gasteiger partial charge in [0.25, 0.3) is 5.91 Å².